The lowest BCUT2D eigenvalue weighted by Crippen LogP contribution is -1.97. The lowest BCUT2D eigenvalue weighted by molar-refractivity contribution is 0.144. The zero-order valence-corrected chi connectivity index (χ0v) is 6.24. The van der Waals surface area contributed by atoms with E-state index in [1.807, 2.05) is 0 Å². The summed E-state index contributed by atoms with van der Waals surface area (Å²) in [4.78, 5) is 0. The third-order valence-electron chi connectivity index (χ3n) is 1.57. The molecule has 0 aliphatic rings. The Labute approximate surface area is 66.8 Å². The van der Waals surface area contributed by atoms with Gasteiger partial charge in [0.1, 0.15) is 0 Å². The van der Waals surface area contributed by atoms with E-state index >= 15 is 0 Å². The zero-order valence-electron chi connectivity index (χ0n) is 6.24. The molecule has 0 aromatic heterocycles. The summed E-state index contributed by atoms with van der Waals surface area (Å²) in [5, 5.41) is 0. The maximum atomic E-state index is 12.7. The van der Waals surface area contributed by atoms with Gasteiger partial charge in [0.2, 0.25) is 0 Å². The molecule has 0 unspecified atom stereocenters. The molecule has 66 valence electrons. The molecule has 0 N–H and O–H groups in total. The van der Waals surface area contributed by atoms with E-state index in [2.05, 4.69) is 0 Å². The molecule has 1 aromatic rings. The molecule has 0 bridgehead atoms. The van der Waals surface area contributed by atoms with Gasteiger partial charge < -0.3 is 0 Å². The van der Waals surface area contributed by atoms with Crippen LogP contribution in [0.5, 0.6) is 0 Å². The summed E-state index contributed by atoms with van der Waals surface area (Å²) in [5.74, 6) is -2.69. The second-order valence-electron chi connectivity index (χ2n) is 2.39. The van der Waals surface area contributed by atoms with Crippen LogP contribution in [0.25, 0.3) is 0 Å². The SMILES string of the molecule is Cc1ccc(F)c(F)c1C(F)F. The highest BCUT2D eigenvalue weighted by molar-refractivity contribution is 5.29. The Bertz CT molecular complexity index is 293. The smallest absolute Gasteiger partial charge is 0.205 e. The minimum Gasteiger partial charge on any atom is -0.205 e. The topological polar surface area (TPSA) is 0 Å². The van der Waals surface area contributed by atoms with Crippen molar-refractivity contribution in [3.8, 4) is 0 Å². The molecular weight excluding hydrogens is 172 g/mol. The monoisotopic (exact) mass is 178 g/mol. The first-order chi connectivity index (χ1) is 5.54. The summed E-state index contributed by atoms with van der Waals surface area (Å²) in [5.41, 5.74) is -0.793. The first-order valence-electron chi connectivity index (χ1n) is 3.26. The molecule has 0 radical (unpaired) electrons. The summed E-state index contributed by atoms with van der Waals surface area (Å²) in [6.07, 6.45) is -2.97. The van der Waals surface area contributed by atoms with Gasteiger partial charge in [-0.2, -0.15) is 0 Å². The van der Waals surface area contributed by atoms with Crippen LogP contribution in [0.3, 0.4) is 0 Å². The van der Waals surface area contributed by atoms with Gasteiger partial charge in [-0.05, 0) is 18.6 Å². The minimum absolute atomic E-state index is 0.0592. The molecule has 0 amide bonds. The van der Waals surface area contributed by atoms with E-state index in [1.54, 1.807) is 0 Å². The Morgan fingerprint density at radius 1 is 1.17 bits per heavy atom. The van der Waals surface area contributed by atoms with Crippen molar-refractivity contribution < 1.29 is 17.6 Å². The Morgan fingerprint density at radius 2 is 1.75 bits per heavy atom. The summed E-state index contributed by atoms with van der Waals surface area (Å²) < 4.78 is 49.2. The highest BCUT2D eigenvalue weighted by Crippen LogP contribution is 2.26. The van der Waals surface area contributed by atoms with Gasteiger partial charge in [0.15, 0.2) is 11.6 Å². The van der Waals surface area contributed by atoms with Gasteiger partial charge in [-0.1, -0.05) is 6.07 Å². The highest BCUT2D eigenvalue weighted by Gasteiger charge is 2.18. The predicted molar refractivity (Wildman–Crippen MR) is 36.1 cm³/mol. The largest absolute Gasteiger partial charge is 0.267 e. The summed E-state index contributed by atoms with van der Waals surface area (Å²) in [6, 6.07) is 1.95. The summed E-state index contributed by atoms with van der Waals surface area (Å²) >= 11 is 0. The van der Waals surface area contributed by atoms with Crippen LogP contribution in [-0.4, -0.2) is 0 Å². The Morgan fingerprint density at radius 3 is 2.17 bits per heavy atom. The lowest BCUT2D eigenvalue weighted by Gasteiger charge is -2.05. The van der Waals surface area contributed by atoms with Crippen molar-refractivity contribution in [1.29, 1.82) is 0 Å². The second-order valence-corrected chi connectivity index (χ2v) is 2.39. The second kappa shape index (κ2) is 3.13. The third-order valence-corrected chi connectivity index (χ3v) is 1.57. The number of hydrogen-bond acceptors (Lipinski definition) is 0. The number of halogens is 4. The average molecular weight is 178 g/mol. The Balaban J connectivity index is 3.33. The van der Waals surface area contributed by atoms with Crippen molar-refractivity contribution >= 4 is 0 Å². The Kier molecular flexibility index (Phi) is 2.35. The van der Waals surface area contributed by atoms with Crippen LogP contribution < -0.4 is 0 Å². The fourth-order valence-corrected chi connectivity index (χ4v) is 0.931. The molecule has 0 heterocycles. The fraction of sp³-hybridized carbons (Fsp3) is 0.250. The number of hydrogen-bond donors (Lipinski definition) is 0. The number of benzene rings is 1. The van der Waals surface area contributed by atoms with E-state index in [4.69, 9.17) is 0 Å². The van der Waals surface area contributed by atoms with Crippen LogP contribution in [0.15, 0.2) is 12.1 Å². The van der Waals surface area contributed by atoms with Crippen molar-refractivity contribution in [1.82, 2.24) is 0 Å². The van der Waals surface area contributed by atoms with Crippen molar-refractivity contribution in [2.24, 2.45) is 0 Å². The maximum absolute atomic E-state index is 12.7. The van der Waals surface area contributed by atoms with E-state index in [1.165, 1.54) is 6.92 Å². The van der Waals surface area contributed by atoms with Crippen LogP contribution in [-0.2, 0) is 0 Å². The summed E-state index contributed by atoms with van der Waals surface area (Å²) in [6.45, 7) is 1.31. The van der Waals surface area contributed by atoms with Crippen molar-refractivity contribution in [2.45, 2.75) is 13.3 Å². The number of alkyl halides is 2. The van der Waals surface area contributed by atoms with Crippen molar-refractivity contribution in [3.05, 3.63) is 34.9 Å². The first kappa shape index (κ1) is 9.03. The minimum atomic E-state index is -2.97. The standard InChI is InChI=1S/C8H6F4/c1-4-2-3-5(9)7(10)6(4)8(11)12/h2-3,8H,1H3. The molecule has 0 aliphatic heterocycles. The lowest BCUT2D eigenvalue weighted by atomic mass is 10.1. The molecule has 0 nitrogen and oxygen atoms in total. The van der Waals surface area contributed by atoms with E-state index in [0.717, 1.165) is 12.1 Å². The molecule has 0 spiro atoms. The fourth-order valence-electron chi connectivity index (χ4n) is 0.931. The van der Waals surface area contributed by atoms with Gasteiger partial charge in [0, 0.05) is 0 Å². The van der Waals surface area contributed by atoms with Crippen LogP contribution in [0.1, 0.15) is 17.6 Å². The van der Waals surface area contributed by atoms with E-state index in [-0.39, 0.29) is 5.56 Å². The maximum Gasteiger partial charge on any atom is 0.267 e. The third kappa shape index (κ3) is 1.42. The molecule has 1 rings (SSSR count). The highest BCUT2D eigenvalue weighted by atomic mass is 19.3. The van der Waals surface area contributed by atoms with Gasteiger partial charge in [0.05, 0.1) is 5.56 Å². The normalized spacial score (nSPS) is 10.8. The van der Waals surface area contributed by atoms with Crippen molar-refractivity contribution in [3.63, 3.8) is 0 Å². The van der Waals surface area contributed by atoms with Gasteiger partial charge in [0.25, 0.3) is 6.43 Å². The van der Waals surface area contributed by atoms with E-state index < -0.39 is 23.6 Å². The first-order valence-corrected chi connectivity index (χ1v) is 3.26. The Hall–Kier alpha value is -1.06. The number of rotatable bonds is 1. The molecule has 12 heavy (non-hydrogen) atoms. The van der Waals surface area contributed by atoms with Gasteiger partial charge in [-0.25, -0.2) is 17.6 Å². The molecule has 1 aromatic carbocycles. The predicted octanol–water partition coefficient (Wildman–Crippen LogP) is 3.21. The van der Waals surface area contributed by atoms with Gasteiger partial charge in [-0.3, -0.25) is 0 Å². The van der Waals surface area contributed by atoms with Gasteiger partial charge >= 0.3 is 0 Å². The quantitative estimate of drug-likeness (QED) is 0.579. The van der Waals surface area contributed by atoms with Crippen LogP contribution >= 0.6 is 0 Å². The van der Waals surface area contributed by atoms with Gasteiger partial charge in [-0.15, -0.1) is 0 Å². The molecule has 4 heteroatoms. The molecule has 0 fully saturated rings. The summed E-state index contributed by atoms with van der Waals surface area (Å²) in [7, 11) is 0. The molecule has 0 saturated carbocycles. The average Bonchev–Trinajstić information content (AvgIpc) is 1.97. The molecule has 0 atom stereocenters. The number of aryl methyl sites for hydroxylation is 1. The van der Waals surface area contributed by atoms with Crippen molar-refractivity contribution in [2.75, 3.05) is 0 Å². The van der Waals surface area contributed by atoms with Crippen LogP contribution in [0, 0.1) is 18.6 Å². The van der Waals surface area contributed by atoms with E-state index in [9.17, 15) is 17.6 Å². The molecule has 0 saturated heterocycles. The zero-order chi connectivity index (χ0) is 9.30. The molecular formula is C8H6F4. The molecule has 0 aliphatic carbocycles. The van der Waals surface area contributed by atoms with E-state index in [0.29, 0.717) is 0 Å². The van der Waals surface area contributed by atoms with Crippen LogP contribution in [0.2, 0.25) is 0 Å². The van der Waals surface area contributed by atoms with Crippen LogP contribution in [0.4, 0.5) is 17.6 Å².